The molecular weight excluding hydrogens is 284 g/mol. The summed E-state index contributed by atoms with van der Waals surface area (Å²) in [6.45, 7) is -0.409. The maximum Gasteiger partial charge on any atom is 0.309 e. The van der Waals surface area contributed by atoms with Crippen molar-refractivity contribution < 1.29 is 19.1 Å². The van der Waals surface area contributed by atoms with E-state index in [-0.39, 0.29) is 11.9 Å². The molecule has 6 heteroatoms. The van der Waals surface area contributed by atoms with E-state index in [1.165, 1.54) is 0 Å². The molecule has 2 N–H and O–H groups in total. The molecule has 0 aliphatic heterocycles. The fourth-order valence-corrected chi connectivity index (χ4v) is 2.09. The molecule has 6 nitrogen and oxygen atoms in total. The average Bonchev–Trinajstić information content (AvgIpc) is 2.59. The van der Waals surface area contributed by atoms with Crippen LogP contribution in [0.15, 0.2) is 42.5 Å². The number of carbonyl (C=O) groups is 3. The van der Waals surface area contributed by atoms with Crippen LogP contribution < -0.4 is 10.9 Å². The van der Waals surface area contributed by atoms with Crippen LogP contribution in [0.25, 0.3) is 0 Å². The molecule has 0 unspecified atom stereocenters. The quantitative estimate of drug-likeness (QED) is 0.499. The van der Waals surface area contributed by atoms with Crippen molar-refractivity contribution in [2.75, 3.05) is 6.61 Å². The second kappa shape index (κ2) is 7.97. The van der Waals surface area contributed by atoms with E-state index < -0.39 is 18.4 Å². The molecule has 1 aliphatic carbocycles. The van der Waals surface area contributed by atoms with Gasteiger partial charge in [0.05, 0.1) is 5.92 Å². The molecule has 1 aromatic carbocycles. The number of esters is 1. The van der Waals surface area contributed by atoms with Gasteiger partial charge in [0.15, 0.2) is 6.61 Å². The van der Waals surface area contributed by atoms with Crippen LogP contribution in [0.5, 0.6) is 0 Å². The zero-order chi connectivity index (χ0) is 15.8. The minimum Gasteiger partial charge on any atom is -0.455 e. The molecule has 0 heterocycles. The van der Waals surface area contributed by atoms with Gasteiger partial charge in [-0.2, -0.15) is 0 Å². The normalized spacial score (nSPS) is 16.6. The molecule has 0 aromatic heterocycles. The van der Waals surface area contributed by atoms with Crippen LogP contribution in [0, 0.1) is 5.92 Å². The summed E-state index contributed by atoms with van der Waals surface area (Å²) in [4.78, 5) is 35.0. The Morgan fingerprint density at radius 3 is 2.55 bits per heavy atom. The summed E-state index contributed by atoms with van der Waals surface area (Å²) in [5, 5.41) is 0. The van der Waals surface area contributed by atoms with Gasteiger partial charge in [0.25, 0.3) is 11.8 Å². The summed E-state index contributed by atoms with van der Waals surface area (Å²) in [5.41, 5.74) is 4.90. The molecule has 0 fully saturated rings. The van der Waals surface area contributed by atoms with Crippen LogP contribution in [0.1, 0.15) is 29.6 Å². The third-order valence-electron chi connectivity index (χ3n) is 3.30. The molecule has 0 spiro atoms. The van der Waals surface area contributed by atoms with Gasteiger partial charge in [0.2, 0.25) is 0 Å². The Morgan fingerprint density at radius 1 is 1.09 bits per heavy atom. The Labute approximate surface area is 128 Å². The number of rotatable bonds is 4. The number of hydrazine groups is 1. The summed E-state index contributed by atoms with van der Waals surface area (Å²) in [5.74, 6) is -1.58. The number of ether oxygens (including phenoxy) is 1. The zero-order valence-corrected chi connectivity index (χ0v) is 12.1. The van der Waals surface area contributed by atoms with E-state index in [2.05, 4.69) is 10.9 Å². The molecule has 2 amide bonds. The topological polar surface area (TPSA) is 84.5 Å². The highest BCUT2D eigenvalue weighted by molar-refractivity contribution is 5.95. The third-order valence-corrected chi connectivity index (χ3v) is 3.30. The molecule has 1 atom stereocenters. The van der Waals surface area contributed by atoms with Gasteiger partial charge in [0, 0.05) is 5.56 Å². The van der Waals surface area contributed by atoms with Crippen molar-refractivity contribution in [3.63, 3.8) is 0 Å². The number of benzene rings is 1. The number of carbonyl (C=O) groups excluding carboxylic acids is 3. The maximum absolute atomic E-state index is 11.7. The Kier molecular flexibility index (Phi) is 5.71. The van der Waals surface area contributed by atoms with Crippen LogP contribution in [-0.2, 0) is 14.3 Å². The molecule has 1 aromatic rings. The lowest BCUT2D eigenvalue weighted by atomic mass is 9.95. The van der Waals surface area contributed by atoms with Crippen LogP contribution >= 0.6 is 0 Å². The predicted octanol–water partition coefficient (Wildman–Crippen LogP) is 1.35. The Morgan fingerprint density at radius 2 is 1.86 bits per heavy atom. The molecule has 0 radical (unpaired) electrons. The molecule has 0 saturated carbocycles. The van der Waals surface area contributed by atoms with Crippen LogP contribution in [-0.4, -0.2) is 24.4 Å². The number of amides is 2. The van der Waals surface area contributed by atoms with Crippen molar-refractivity contribution in [3.05, 3.63) is 48.0 Å². The van der Waals surface area contributed by atoms with Crippen LogP contribution in [0.2, 0.25) is 0 Å². The van der Waals surface area contributed by atoms with E-state index in [4.69, 9.17) is 4.74 Å². The predicted molar refractivity (Wildman–Crippen MR) is 79.5 cm³/mol. The van der Waals surface area contributed by atoms with Gasteiger partial charge in [-0.05, 0) is 31.4 Å². The summed E-state index contributed by atoms with van der Waals surface area (Å²) in [6.07, 6.45) is 6.19. The molecule has 0 bridgehead atoms. The average molecular weight is 302 g/mol. The first-order chi connectivity index (χ1) is 10.7. The maximum atomic E-state index is 11.7. The highest BCUT2D eigenvalue weighted by atomic mass is 16.5. The fraction of sp³-hybridized carbons (Fsp3) is 0.312. The minimum atomic E-state index is -0.580. The van der Waals surface area contributed by atoms with Crippen molar-refractivity contribution in [3.8, 4) is 0 Å². The molecule has 2 rings (SSSR count). The smallest absolute Gasteiger partial charge is 0.309 e. The SMILES string of the molecule is O=C(COC(=O)[C@H]1CC=CCC1)NNC(=O)c1ccccc1. The van der Waals surface area contributed by atoms with E-state index in [1.807, 2.05) is 12.2 Å². The number of hydrogen-bond acceptors (Lipinski definition) is 4. The second-order valence-electron chi connectivity index (χ2n) is 4.96. The summed E-state index contributed by atoms with van der Waals surface area (Å²) >= 11 is 0. The van der Waals surface area contributed by atoms with E-state index >= 15 is 0 Å². The molecule has 116 valence electrons. The lowest BCUT2D eigenvalue weighted by Crippen LogP contribution is -2.43. The number of nitrogens with one attached hydrogen (secondary N) is 2. The van der Waals surface area contributed by atoms with Crippen molar-refractivity contribution >= 4 is 17.8 Å². The molecule has 1 aliphatic rings. The second-order valence-corrected chi connectivity index (χ2v) is 4.96. The van der Waals surface area contributed by atoms with Gasteiger partial charge in [-0.25, -0.2) is 0 Å². The van der Waals surface area contributed by atoms with Crippen molar-refractivity contribution in [1.29, 1.82) is 0 Å². The molecule has 22 heavy (non-hydrogen) atoms. The summed E-state index contributed by atoms with van der Waals surface area (Å²) < 4.78 is 4.95. The van der Waals surface area contributed by atoms with Crippen LogP contribution in [0.4, 0.5) is 0 Å². The van der Waals surface area contributed by atoms with Crippen molar-refractivity contribution in [2.24, 2.45) is 5.92 Å². The zero-order valence-electron chi connectivity index (χ0n) is 12.1. The standard InChI is InChI=1S/C16H18N2O4/c19-14(11-22-16(21)13-9-5-2-6-10-13)17-18-15(20)12-7-3-1-4-8-12/h1-5,7-8,13H,6,9-11H2,(H,17,19)(H,18,20)/t13-/m0/s1. The van der Waals surface area contributed by atoms with E-state index in [1.54, 1.807) is 30.3 Å². The van der Waals surface area contributed by atoms with Gasteiger partial charge < -0.3 is 4.74 Å². The highest BCUT2D eigenvalue weighted by Gasteiger charge is 2.21. The van der Waals surface area contributed by atoms with Crippen molar-refractivity contribution in [2.45, 2.75) is 19.3 Å². The van der Waals surface area contributed by atoms with Gasteiger partial charge in [-0.15, -0.1) is 0 Å². The number of allylic oxidation sites excluding steroid dienone is 2. The Bertz CT molecular complexity index is 569. The summed E-state index contributed by atoms with van der Waals surface area (Å²) in [7, 11) is 0. The first-order valence-corrected chi connectivity index (χ1v) is 7.12. The lowest BCUT2D eigenvalue weighted by Gasteiger charge is -2.16. The Balaban J connectivity index is 1.68. The highest BCUT2D eigenvalue weighted by Crippen LogP contribution is 2.19. The third kappa shape index (κ3) is 4.73. The van der Waals surface area contributed by atoms with Gasteiger partial charge >= 0.3 is 5.97 Å². The van der Waals surface area contributed by atoms with E-state index in [0.717, 1.165) is 12.8 Å². The largest absolute Gasteiger partial charge is 0.455 e. The van der Waals surface area contributed by atoms with E-state index in [0.29, 0.717) is 12.0 Å². The Hall–Kier alpha value is -2.63. The first-order valence-electron chi connectivity index (χ1n) is 7.12. The summed E-state index contributed by atoms with van der Waals surface area (Å²) in [6, 6.07) is 8.47. The number of hydrogen-bond donors (Lipinski definition) is 2. The molecular formula is C16H18N2O4. The van der Waals surface area contributed by atoms with Crippen molar-refractivity contribution in [1.82, 2.24) is 10.9 Å². The van der Waals surface area contributed by atoms with Gasteiger partial charge in [0.1, 0.15) is 0 Å². The lowest BCUT2D eigenvalue weighted by molar-refractivity contribution is -0.153. The van der Waals surface area contributed by atoms with Gasteiger partial charge in [-0.3, -0.25) is 25.2 Å². The van der Waals surface area contributed by atoms with Gasteiger partial charge in [-0.1, -0.05) is 30.4 Å². The van der Waals surface area contributed by atoms with Crippen LogP contribution in [0.3, 0.4) is 0 Å². The minimum absolute atomic E-state index is 0.184. The van der Waals surface area contributed by atoms with E-state index in [9.17, 15) is 14.4 Å². The first kappa shape index (κ1) is 15.8. The monoisotopic (exact) mass is 302 g/mol. The fourth-order valence-electron chi connectivity index (χ4n) is 2.09. The molecule has 0 saturated heterocycles.